The Labute approximate surface area is 173 Å². The summed E-state index contributed by atoms with van der Waals surface area (Å²) < 4.78 is 11.1. The van der Waals surface area contributed by atoms with Gasteiger partial charge in [-0.1, -0.05) is 24.3 Å². The molecule has 2 amide bonds. The number of likely N-dealkylation sites (N-methyl/N-ethyl adjacent to an activating group) is 1. The molecule has 3 aromatic rings. The Kier molecular flexibility index (Phi) is 3.48. The molecule has 30 heavy (non-hydrogen) atoms. The third-order valence-electron chi connectivity index (χ3n) is 6.67. The van der Waals surface area contributed by atoms with Gasteiger partial charge in [-0.05, 0) is 36.2 Å². The van der Waals surface area contributed by atoms with Gasteiger partial charge in [0.25, 0.3) is 0 Å². The van der Waals surface area contributed by atoms with Crippen molar-refractivity contribution in [2.24, 2.45) is 0 Å². The highest BCUT2D eigenvalue weighted by molar-refractivity contribution is 5.99. The van der Waals surface area contributed by atoms with Crippen LogP contribution in [0, 0.1) is 0 Å². The Morgan fingerprint density at radius 2 is 1.83 bits per heavy atom. The van der Waals surface area contributed by atoms with Crippen LogP contribution in [0.1, 0.15) is 29.8 Å². The van der Waals surface area contributed by atoms with Gasteiger partial charge in [-0.15, -0.1) is 0 Å². The molecule has 3 atom stereocenters. The standard InChI is InChI=1S/C23H21N3O4/c1-12-22(27)26-17(23(28)25(12)2)10-15-14-5-3-4-6-16(14)24-20(15)21(26)13-7-8-18-19(9-13)30-11-29-18/h3-9,12,17,21,24H,10-11H2,1-2H3. The first kappa shape index (κ1) is 17.4. The molecular formula is C23H21N3O4. The van der Waals surface area contributed by atoms with Gasteiger partial charge in [-0.25, -0.2) is 0 Å². The van der Waals surface area contributed by atoms with Gasteiger partial charge >= 0.3 is 0 Å². The fraction of sp³-hybridized carbons (Fsp3) is 0.304. The van der Waals surface area contributed by atoms with Gasteiger partial charge in [0.2, 0.25) is 18.6 Å². The van der Waals surface area contributed by atoms with Gasteiger partial charge in [-0.3, -0.25) is 9.59 Å². The molecule has 0 bridgehead atoms. The van der Waals surface area contributed by atoms with Crippen LogP contribution in [0.25, 0.3) is 10.9 Å². The molecule has 3 unspecified atom stereocenters. The molecule has 3 aliphatic heterocycles. The number of benzene rings is 2. The summed E-state index contributed by atoms with van der Waals surface area (Å²) in [7, 11) is 1.71. The van der Waals surface area contributed by atoms with E-state index in [0.717, 1.165) is 27.7 Å². The lowest BCUT2D eigenvalue weighted by molar-refractivity contribution is -0.162. The maximum absolute atomic E-state index is 13.4. The molecular weight excluding hydrogens is 382 g/mol. The molecule has 7 nitrogen and oxygen atoms in total. The van der Waals surface area contributed by atoms with E-state index in [0.29, 0.717) is 17.9 Å². The number of hydrogen-bond acceptors (Lipinski definition) is 4. The molecule has 6 rings (SSSR count). The highest BCUT2D eigenvalue weighted by atomic mass is 16.7. The third kappa shape index (κ3) is 2.20. The van der Waals surface area contributed by atoms with Gasteiger partial charge in [0, 0.05) is 30.1 Å². The lowest BCUT2D eigenvalue weighted by Gasteiger charge is -2.48. The highest BCUT2D eigenvalue weighted by Crippen LogP contribution is 2.45. The van der Waals surface area contributed by atoms with E-state index in [1.807, 2.05) is 36.4 Å². The number of nitrogens with one attached hydrogen (secondary N) is 1. The van der Waals surface area contributed by atoms with Crippen molar-refractivity contribution < 1.29 is 19.1 Å². The molecule has 152 valence electrons. The molecule has 3 aliphatic rings. The number of aromatic amines is 1. The summed E-state index contributed by atoms with van der Waals surface area (Å²) in [6.07, 6.45) is 0.502. The molecule has 1 saturated heterocycles. The van der Waals surface area contributed by atoms with E-state index < -0.39 is 18.1 Å². The van der Waals surface area contributed by atoms with Crippen molar-refractivity contribution in [3.05, 3.63) is 59.3 Å². The maximum Gasteiger partial charge on any atom is 0.246 e. The molecule has 1 fully saturated rings. The minimum atomic E-state index is -0.527. The fourth-order valence-electron chi connectivity index (χ4n) is 4.99. The number of fused-ring (bicyclic) bond motifs is 5. The van der Waals surface area contributed by atoms with E-state index in [1.165, 1.54) is 0 Å². The molecule has 0 aliphatic carbocycles. The quantitative estimate of drug-likeness (QED) is 0.678. The predicted octanol–water partition coefficient (Wildman–Crippen LogP) is 2.60. The minimum absolute atomic E-state index is 0.0243. The molecule has 4 heterocycles. The Balaban J connectivity index is 1.60. The van der Waals surface area contributed by atoms with Crippen molar-refractivity contribution in [3.63, 3.8) is 0 Å². The average Bonchev–Trinajstić information content (AvgIpc) is 3.38. The van der Waals surface area contributed by atoms with Crippen molar-refractivity contribution >= 4 is 22.7 Å². The summed E-state index contributed by atoms with van der Waals surface area (Å²) in [4.78, 5) is 33.5. The third-order valence-corrected chi connectivity index (χ3v) is 6.67. The van der Waals surface area contributed by atoms with Crippen LogP contribution in [0.5, 0.6) is 11.5 Å². The molecule has 2 aromatic carbocycles. The average molecular weight is 403 g/mol. The summed E-state index contributed by atoms with van der Waals surface area (Å²) in [5.74, 6) is 1.28. The number of carbonyl (C=O) groups excluding carboxylic acids is 2. The summed E-state index contributed by atoms with van der Waals surface area (Å²) in [5.41, 5.74) is 3.96. The van der Waals surface area contributed by atoms with Gasteiger partial charge in [0.1, 0.15) is 12.1 Å². The zero-order chi connectivity index (χ0) is 20.6. The topological polar surface area (TPSA) is 74.9 Å². The van der Waals surface area contributed by atoms with Crippen molar-refractivity contribution in [3.8, 4) is 11.5 Å². The Morgan fingerprint density at radius 3 is 2.70 bits per heavy atom. The Hall–Kier alpha value is -3.48. The van der Waals surface area contributed by atoms with E-state index in [-0.39, 0.29) is 18.6 Å². The van der Waals surface area contributed by atoms with Crippen LogP contribution in [-0.4, -0.2) is 52.5 Å². The number of rotatable bonds is 1. The predicted molar refractivity (Wildman–Crippen MR) is 109 cm³/mol. The first-order valence-electron chi connectivity index (χ1n) is 10.1. The lowest BCUT2D eigenvalue weighted by atomic mass is 9.85. The molecule has 0 spiro atoms. The highest BCUT2D eigenvalue weighted by Gasteiger charge is 2.50. The van der Waals surface area contributed by atoms with E-state index in [4.69, 9.17) is 9.47 Å². The first-order chi connectivity index (χ1) is 14.5. The van der Waals surface area contributed by atoms with Crippen LogP contribution < -0.4 is 9.47 Å². The zero-order valence-electron chi connectivity index (χ0n) is 16.7. The summed E-state index contributed by atoms with van der Waals surface area (Å²) in [6, 6.07) is 12.4. The Morgan fingerprint density at radius 1 is 1.03 bits per heavy atom. The summed E-state index contributed by atoms with van der Waals surface area (Å²) in [6.45, 7) is 1.97. The number of hydrogen-bond donors (Lipinski definition) is 1. The van der Waals surface area contributed by atoms with E-state index in [1.54, 1.807) is 23.8 Å². The van der Waals surface area contributed by atoms with E-state index >= 15 is 0 Å². The molecule has 0 radical (unpaired) electrons. The number of H-pyrrole nitrogens is 1. The fourth-order valence-corrected chi connectivity index (χ4v) is 4.99. The van der Waals surface area contributed by atoms with Crippen LogP contribution in [-0.2, 0) is 16.0 Å². The van der Waals surface area contributed by atoms with Crippen LogP contribution in [0.15, 0.2) is 42.5 Å². The van der Waals surface area contributed by atoms with E-state index in [2.05, 4.69) is 11.1 Å². The number of piperazine rings is 1. The largest absolute Gasteiger partial charge is 0.454 e. The number of carbonyl (C=O) groups is 2. The van der Waals surface area contributed by atoms with Crippen molar-refractivity contribution in [1.29, 1.82) is 0 Å². The zero-order valence-corrected chi connectivity index (χ0v) is 16.7. The van der Waals surface area contributed by atoms with Gasteiger partial charge in [-0.2, -0.15) is 0 Å². The molecule has 1 aromatic heterocycles. The smallest absolute Gasteiger partial charge is 0.246 e. The van der Waals surface area contributed by atoms with Crippen LogP contribution in [0.2, 0.25) is 0 Å². The maximum atomic E-state index is 13.4. The number of ether oxygens (including phenoxy) is 2. The summed E-state index contributed by atoms with van der Waals surface area (Å²) >= 11 is 0. The minimum Gasteiger partial charge on any atom is -0.454 e. The molecule has 7 heteroatoms. The van der Waals surface area contributed by atoms with Crippen molar-refractivity contribution in [2.75, 3.05) is 13.8 Å². The Bertz CT molecular complexity index is 1220. The van der Waals surface area contributed by atoms with Crippen molar-refractivity contribution in [1.82, 2.24) is 14.8 Å². The molecule has 1 N–H and O–H groups in total. The number of amides is 2. The first-order valence-corrected chi connectivity index (χ1v) is 10.1. The lowest BCUT2D eigenvalue weighted by Crippen LogP contribution is -2.65. The van der Waals surface area contributed by atoms with Crippen molar-refractivity contribution in [2.45, 2.75) is 31.5 Å². The van der Waals surface area contributed by atoms with Gasteiger partial charge in [0.15, 0.2) is 11.5 Å². The number of nitrogens with zero attached hydrogens (tertiary/aromatic N) is 2. The van der Waals surface area contributed by atoms with Crippen LogP contribution in [0.3, 0.4) is 0 Å². The number of para-hydroxylation sites is 1. The second kappa shape index (κ2) is 6.01. The number of aromatic nitrogens is 1. The summed E-state index contributed by atoms with van der Waals surface area (Å²) in [5, 5.41) is 1.10. The monoisotopic (exact) mass is 403 g/mol. The van der Waals surface area contributed by atoms with Gasteiger partial charge in [0.05, 0.1) is 6.04 Å². The van der Waals surface area contributed by atoms with Gasteiger partial charge < -0.3 is 24.3 Å². The molecule has 0 saturated carbocycles. The van der Waals surface area contributed by atoms with Crippen LogP contribution in [0.4, 0.5) is 0 Å². The second-order valence-corrected chi connectivity index (χ2v) is 8.17. The normalized spacial score (nSPS) is 24.9. The SMILES string of the molecule is CC1C(=O)N2C(Cc3c([nH]c4ccccc34)C2c2ccc3c(c2)OCO3)C(=O)N1C. The van der Waals surface area contributed by atoms with E-state index in [9.17, 15) is 9.59 Å². The second-order valence-electron chi connectivity index (χ2n) is 8.17. The van der Waals surface area contributed by atoms with Crippen LogP contribution >= 0.6 is 0 Å².